The Morgan fingerprint density at radius 1 is 1.22 bits per heavy atom. The Hall–Kier alpha value is -2.14. The second kappa shape index (κ2) is 5.49. The summed E-state index contributed by atoms with van der Waals surface area (Å²) >= 11 is 0. The van der Waals surface area contributed by atoms with E-state index in [1.807, 2.05) is 24.3 Å². The molecule has 2 aliphatic carbocycles. The van der Waals surface area contributed by atoms with Crippen LogP contribution in [0.25, 0.3) is 0 Å². The zero-order valence-corrected chi connectivity index (χ0v) is 13.0. The number of nitrogens with one attached hydrogen (secondary N) is 1. The number of aliphatic hydroxyl groups is 1. The lowest BCUT2D eigenvalue weighted by Crippen LogP contribution is -2.44. The van der Waals surface area contributed by atoms with Crippen molar-refractivity contribution in [2.45, 2.75) is 44.1 Å². The van der Waals surface area contributed by atoms with Crippen molar-refractivity contribution >= 4 is 5.91 Å². The van der Waals surface area contributed by atoms with Crippen molar-refractivity contribution in [3.8, 4) is 0 Å². The molecule has 0 aliphatic heterocycles. The zero-order chi connectivity index (χ0) is 15.9. The van der Waals surface area contributed by atoms with Crippen LogP contribution in [0.5, 0.6) is 0 Å². The minimum atomic E-state index is -0.914. The minimum Gasteiger partial charge on any atom is -0.387 e. The van der Waals surface area contributed by atoms with E-state index in [2.05, 4.69) is 10.5 Å². The Morgan fingerprint density at radius 2 is 1.91 bits per heavy atom. The maximum Gasteiger partial charge on any atom is 0.273 e. The summed E-state index contributed by atoms with van der Waals surface area (Å²) in [5.41, 5.74) is 2.73. The van der Waals surface area contributed by atoms with Gasteiger partial charge in [0, 0.05) is 31.4 Å². The fourth-order valence-corrected chi connectivity index (χ4v) is 3.69. The molecule has 0 saturated heterocycles. The van der Waals surface area contributed by atoms with Crippen LogP contribution in [0.4, 0.5) is 0 Å². The van der Waals surface area contributed by atoms with E-state index >= 15 is 0 Å². The number of amides is 1. The fourth-order valence-electron chi connectivity index (χ4n) is 3.69. The number of aromatic nitrogens is 1. The number of benzene rings is 1. The smallest absolute Gasteiger partial charge is 0.273 e. The first-order valence-corrected chi connectivity index (χ1v) is 8.19. The first-order chi connectivity index (χ1) is 11.1. The van der Waals surface area contributed by atoms with Gasteiger partial charge in [0.05, 0.1) is 5.60 Å². The van der Waals surface area contributed by atoms with Gasteiger partial charge >= 0.3 is 0 Å². The molecule has 1 aromatic heterocycles. The van der Waals surface area contributed by atoms with Crippen LogP contribution in [0, 0.1) is 0 Å². The van der Waals surface area contributed by atoms with Crippen molar-refractivity contribution < 1.29 is 14.4 Å². The molecule has 0 unspecified atom stereocenters. The van der Waals surface area contributed by atoms with Gasteiger partial charge in [-0.15, -0.1) is 0 Å². The van der Waals surface area contributed by atoms with E-state index in [9.17, 15) is 9.90 Å². The first kappa shape index (κ1) is 14.5. The third-order valence-electron chi connectivity index (χ3n) is 4.90. The molecule has 1 aromatic carbocycles. The summed E-state index contributed by atoms with van der Waals surface area (Å²) in [7, 11) is 0. The van der Waals surface area contributed by atoms with E-state index in [1.54, 1.807) is 0 Å². The lowest BCUT2D eigenvalue weighted by molar-refractivity contribution is 0.0477. The molecule has 0 bridgehead atoms. The van der Waals surface area contributed by atoms with Gasteiger partial charge in [-0.1, -0.05) is 29.4 Å². The number of fused-ring (bicyclic) bond motifs is 2. The molecular formula is C18H20N2O3. The summed E-state index contributed by atoms with van der Waals surface area (Å²) in [5, 5.41) is 17.5. The molecule has 5 heteroatoms. The van der Waals surface area contributed by atoms with Crippen molar-refractivity contribution in [1.82, 2.24) is 10.5 Å². The number of carbonyl (C=O) groups is 1. The number of aryl methyl sites for hydroxylation is 1. The standard InChI is InChI=1S/C18H20N2O3/c21-17(16-14-7-3-4-8-15(14)23-20-16)19-11-18(22)9-12-5-1-2-6-13(12)10-18/h1-2,5-6,22H,3-4,7-11H2,(H,19,21). The summed E-state index contributed by atoms with van der Waals surface area (Å²) in [6, 6.07) is 8.02. The molecule has 5 nitrogen and oxygen atoms in total. The van der Waals surface area contributed by atoms with Gasteiger partial charge in [0.2, 0.25) is 0 Å². The molecule has 4 rings (SSSR count). The Morgan fingerprint density at radius 3 is 2.65 bits per heavy atom. The highest BCUT2D eigenvalue weighted by molar-refractivity contribution is 5.93. The van der Waals surface area contributed by atoms with E-state index < -0.39 is 5.60 Å². The van der Waals surface area contributed by atoms with Crippen molar-refractivity contribution in [3.05, 3.63) is 52.4 Å². The van der Waals surface area contributed by atoms with Crippen LogP contribution < -0.4 is 5.32 Å². The van der Waals surface area contributed by atoms with Crippen LogP contribution in [0.15, 0.2) is 28.8 Å². The molecule has 0 atom stereocenters. The summed E-state index contributed by atoms with van der Waals surface area (Å²) in [5.74, 6) is 0.592. The van der Waals surface area contributed by atoms with Crippen LogP contribution in [0.1, 0.15) is 45.8 Å². The predicted molar refractivity (Wildman–Crippen MR) is 84.3 cm³/mol. The van der Waals surface area contributed by atoms with E-state index in [4.69, 9.17) is 4.52 Å². The second-order valence-corrected chi connectivity index (χ2v) is 6.67. The Labute approximate surface area is 134 Å². The normalized spacial score (nSPS) is 18.3. The third kappa shape index (κ3) is 2.65. The quantitative estimate of drug-likeness (QED) is 0.906. The van der Waals surface area contributed by atoms with Crippen molar-refractivity contribution in [1.29, 1.82) is 0 Å². The van der Waals surface area contributed by atoms with Gasteiger partial charge in [-0.3, -0.25) is 4.79 Å². The van der Waals surface area contributed by atoms with Crippen LogP contribution >= 0.6 is 0 Å². The highest BCUT2D eigenvalue weighted by atomic mass is 16.5. The van der Waals surface area contributed by atoms with E-state index in [1.165, 1.54) is 0 Å². The van der Waals surface area contributed by atoms with Gasteiger partial charge in [0.1, 0.15) is 5.76 Å². The highest BCUT2D eigenvalue weighted by Crippen LogP contribution is 2.29. The molecular weight excluding hydrogens is 292 g/mol. The highest BCUT2D eigenvalue weighted by Gasteiger charge is 2.35. The Balaban J connectivity index is 1.44. The minimum absolute atomic E-state index is 0.224. The number of carbonyl (C=O) groups excluding carboxylic acids is 1. The molecule has 1 amide bonds. The fraction of sp³-hybridized carbons (Fsp3) is 0.444. The van der Waals surface area contributed by atoms with Crippen LogP contribution in [-0.4, -0.2) is 28.3 Å². The van der Waals surface area contributed by atoms with Gasteiger partial charge in [-0.05, 0) is 30.4 Å². The predicted octanol–water partition coefficient (Wildman–Crippen LogP) is 1.81. The van der Waals surface area contributed by atoms with E-state index in [0.29, 0.717) is 18.5 Å². The lowest BCUT2D eigenvalue weighted by atomic mass is 9.96. The largest absolute Gasteiger partial charge is 0.387 e. The van der Waals surface area contributed by atoms with Gasteiger partial charge < -0.3 is 14.9 Å². The molecule has 0 fully saturated rings. The first-order valence-electron chi connectivity index (χ1n) is 8.19. The maximum absolute atomic E-state index is 12.4. The molecule has 0 radical (unpaired) electrons. The number of hydrogen-bond donors (Lipinski definition) is 2. The molecule has 120 valence electrons. The number of rotatable bonds is 3. The summed E-state index contributed by atoms with van der Waals surface area (Å²) < 4.78 is 5.28. The van der Waals surface area contributed by atoms with Gasteiger partial charge in [0.15, 0.2) is 5.69 Å². The molecule has 0 spiro atoms. The van der Waals surface area contributed by atoms with Crippen molar-refractivity contribution in [3.63, 3.8) is 0 Å². The Bertz CT molecular complexity index is 725. The topological polar surface area (TPSA) is 75.4 Å². The summed E-state index contributed by atoms with van der Waals surface area (Å²) in [6.07, 6.45) is 4.99. The monoisotopic (exact) mass is 312 g/mol. The maximum atomic E-state index is 12.4. The summed E-state index contributed by atoms with van der Waals surface area (Å²) in [6.45, 7) is 0.224. The second-order valence-electron chi connectivity index (χ2n) is 6.67. The zero-order valence-electron chi connectivity index (χ0n) is 13.0. The van der Waals surface area contributed by atoms with E-state index in [0.717, 1.165) is 48.1 Å². The van der Waals surface area contributed by atoms with Gasteiger partial charge in [-0.2, -0.15) is 0 Å². The molecule has 23 heavy (non-hydrogen) atoms. The summed E-state index contributed by atoms with van der Waals surface area (Å²) in [4.78, 5) is 12.4. The molecule has 2 N–H and O–H groups in total. The number of nitrogens with zero attached hydrogens (tertiary/aromatic N) is 1. The molecule has 2 aliphatic rings. The average molecular weight is 312 g/mol. The Kier molecular flexibility index (Phi) is 3.45. The van der Waals surface area contributed by atoms with Crippen molar-refractivity contribution in [2.24, 2.45) is 0 Å². The third-order valence-corrected chi connectivity index (χ3v) is 4.90. The van der Waals surface area contributed by atoms with E-state index in [-0.39, 0.29) is 12.5 Å². The van der Waals surface area contributed by atoms with Crippen molar-refractivity contribution in [2.75, 3.05) is 6.54 Å². The molecule has 2 aromatic rings. The SMILES string of the molecule is O=C(NCC1(O)Cc2ccccc2C1)c1noc2c1CCCC2. The van der Waals surface area contributed by atoms with Gasteiger partial charge in [0.25, 0.3) is 5.91 Å². The van der Waals surface area contributed by atoms with Gasteiger partial charge in [-0.25, -0.2) is 0 Å². The van der Waals surface area contributed by atoms with Crippen LogP contribution in [0.3, 0.4) is 0 Å². The van der Waals surface area contributed by atoms with Crippen LogP contribution in [0.2, 0.25) is 0 Å². The number of hydrogen-bond acceptors (Lipinski definition) is 4. The lowest BCUT2D eigenvalue weighted by Gasteiger charge is -2.22. The molecule has 1 heterocycles. The van der Waals surface area contributed by atoms with Crippen LogP contribution in [-0.2, 0) is 25.7 Å². The molecule has 0 saturated carbocycles. The average Bonchev–Trinajstić information content (AvgIpc) is 3.13.